The predicted molar refractivity (Wildman–Crippen MR) is 123 cm³/mol. The minimum absolute atomic E-state index is 0.0209. The van der Waals surface area contributed by atoms with Gasteiger partial charge in [0.15, 0.2) is 5.76 Å². The summed E-state index contributed by atoms with van der Waals surface area (Å²) in [4.78, 5) is 16.7. The van der Waals surface area contributed by atoms with Crippen molar-refractivity contribution >= 4 is 33.8 Å². The Morgan fingerprint density at radius 1 is 1.13 bits per heavy atom. The van der Waals surface area contributed by atoms with Crippen LogP contribution in [0.5, 0.6) is 0 Å². The predicted octanol–water partition coefficient (Wildman–Crippen LogP) is 5.55. The summed E-state index contributed by atoms with van der Waals surface area (Å²) in [6.07, 6.45) is 6.00. The van der Waals surface area contributed by atoms with Gasteiger partial charge in [-0.05, 0) is 61.1 Å². The first-order valence-corrected chi connectivity index (χ1v) is 12.0. The van der Waals surface area contributed by atoms with Crippen LogP contribution in [0.25, 0.3) is 0 Å². The van der Waals surface area contributed by atoms with E-state index in [4.69, 9.17) is 20.8 Å². The van der Waals surface area contributed by atoms with E-state index in [2.05, 4.69) is 16.3 Å². The van der Waals surface area contributed by atoms with Crippen LogP contribution in [0.3, 0.4) is 0 Å². The van der Waals surface area contributed by atoms with Crippen molar-refractivity contribution in [2.24, 2.45) is 0 Å². The molecular weight excluding hydrogens is 432 g/mol. The standard InChI is InChI=1S/C24H25ClN2O3S/c25-17-6-3-5-16(15-17)22(27-10-13-29-14-11-27)21-18-7-1-2-9-20(18)31-24(21)26-23(28)19-8-4-12-30-19/h3-6,8,12,15,22H,1-2,7,9-11,13-14H2,(H,26,28)/t22-/m0/s1. The monoisotopic (exact) mass is 456 g/mol. The smallest absolute Gasteiger partial charge is 0.291 e. The van der Waals surface area contributed by atoms with Gasteiger partial charge in [-0.2, -0.15) is 0 Å². The maximum atomic E-state index is 12.9. The number of carbonyl (C=O) groups is 1. The summed E-state index contributed by atoms with van der Waals surface area (Å²) in [5.74, 6) is 0.111. The molecule has 0 bridgehead atoms. The Morgan fingerprint density at radius 3 is 2.74 bits per heavy atom. The number of rotatable bonds is 5. The molecule has 7 heteroatoms. The number of thiophene rings is 1. The maximum Gasteiger partial charge on any atom is 0.291 e. The summed E-state index contributed by atoms with van der Waals surface area (Å²) >= 11 is 8.12. The lowest BCUT2D eigenvalue weighted by Crippen LogP contribution is -2.40. The summed E-state index contributed by atoms with van der Waals surface area (Å²) in [6, 6.07) is 11.5. The highest BCUT2D eigenvalue weighted by molar-refractivity contribution is 7.16. The number of anilines is 1. The fourth-order valence-electron chi connectivity index (χ4n) is 4.62. The Hall–Kier alpha value is -2.12. The molecule has 3 aromatic rings. The second-order valence-electron chi connectivity index (χ2n) is 7.99. The quantitative estimate of drug-likeness (QED) is 0.547. The van der Waals surface area contributed by atoms with Gasteiger partial charge in [-0.1, -0.05) is 23.7 Å². The molecule has 0 saturated carbocycles. The molecule has 1 fully saturated rings. The second-order valence-corrected chi connectivity index (χ2v) is 9.53. The maximum absolute atomic E-state index is 12.9. The third kappa shape index (κ3) is 4.30. The molecule has 1 saturated heterocycles. The van der Waals surface area contributed by atoms with Crippen molar-refractivity contribution in [3.05, 3.63) is 75.0 Å². The molecule has 31 heavy (non-hydrogen) atoms. The Kier molecular flexibility index (Phi) is 6.14. The van der Waals surface area contributed by atoms with Crippen LogP contribution in [0.2, 0.25) is 5.02 Å². The fraction of sp³-hybridized carbons (Fsp3) is 0.375. The lowest BCUT2D eigenvalue weighted by atomic mass is 9.88. The first kappa shape index (κ1) is 20.8. The summed E-state index contributed by atoms with van der Waals surface area (Å²) < 4.78 is 11.0. The zero-order valence-corrected chi connectivity index (χ0v) is 18.8. The zero-order valence-electron chi connectivity index (χ0n) is 17.2. The molecule has 5 rings (SSSR count). The fourth-order valence-corrected chi connectivity index (χ4v) is 6.13. The minimum Gasteiger partial charge on any atom is -0.459 e. The molecule has 162 valence electrons. The van der Waals surface area contributed by atoms with E-state index in [1.165, 1.54) is 35.1 Å². The molecule has 1 aliphatic carbocycles. The van der Waals surface area contributed by atoms with Gasteiger partial charge in [0.2, 0.25) is 0 Å². The number of amides is 1. The Bertz CT molecular complexity index is 1060. The van der Waals surface area contributed by atoms with Gasteiger partial charge in [-0.15, -0.1) is 11.3 Å². The molecule has 2 aromatic heterocycles. The van der Waals surface area contributed by atoms with Gasteiger partial charge >= 0.3 is 0 Å². The van der Waals surface area contributed by atoms with E-state index in [1.54, 1.807) is 23.5 Å². The molecule has 1 amide bonds. The number of morpholine rings is 1. The van der Waals surface area contributed by atoms with Gasteiger partial charge in [-0.3, -0.25) is 9.69 Å². The number of carbonyl (C=O) groups excluding carboxylic acids is 1. The summed E-state index contributed by atoms with van der Waals surface area (Å²) in [7, 11) is 0. The Balaban J connectivity index is 1.62. The van der Waals surface area contributed by atoms with E-state index < -0.39 is 0 Å². The number of aryl methyl sites for hydroxylation is 1. The molecule has 1 N–H and O–H groups in total. The van der Waals surface area contributed by atoms with Crippen LogP contribution in [-0.4, -0.2) is 37.1 Å². The van der Waals surface area contributed by atoms with Crippen LogP contribution in [-0.2, 0) is 17.6 Å². The van der Waals surface area contributed by atoms with Crippen molar-refractivity contribution in [3.63, 3.8) is 0 Å². The van der Waals surface area contributed by atoms with Crippen LogP contribution in [0.15, 0.2) is 47.1 Å². The number of hydrogen-bond donors (Lipinski definition) is 1. The number of fused-ring (bicyclic) bond motifs is 1. The van der Waals surface area contributed by atoms with Crippen molar-refractivity contribution in [2.45, 2.75) is 31.7 Å². The number of hydrogen-bond acceptors (Lipinski definition) is 5. The van der Waals surface area contributed by atoms with E-state index >= 15 is 0 Å². The molecule has 1 aromatic carbocycles. The molecule has 1 aliphatic heterocycles. The van der Waals surface area contributed by atoms with Gasteiger partial charge in [0, 0.05) is 28.6 Å². The Morgan fingerprint density at radius 2 is 1.97 bits per heavy atom. The SMILES string of the molecule is O=C(Nc1sc2c(c1[C@H](c1cccc(Cl)c1)N1CCOCC1)CCCC2)c1ccco1. The van der Waals surface area contributed by atoms with Crippen molar-refractivity contribution in [1.29, 1.82) is 0 Å². The highest BCUT2D eigenvalue weighted by atomic mass is 35.5. The van der Waals surface area contributed by atoms with E-state index in [1.807, 2.05) is 18.2 Å². The normalized spacial score (nSPS) is 17.8. The molecule has 0 unspecified atom stereocenters. The van der Waals surface area contributed by atoms with Crippen LogP contribution in [0, 0.1) is 0 Å². The molecular formula is C24H25ClN2O3S. The van der Waals surface area contributed by atoms with Crippen molar-refractivity contribution in [1.82, 2.24) is 4.90 Å². The first-order valence-electron chi connectivity index (χ1n) is 10.8. The first-order chi connectivity index (χ1) is 15.2. The van der Waals surface area contributed by atoms with Gasteiger partial charge < -0.3 is 14.5 Å². The highest BCUT2D eigenvalue weighted by Crippen LogP contribution is 2.46. The average Bonchev–Trinajstić information content (AvgIpc) is 3.44. The number of furan rings is 1. The number of nitrogens with zero attached hydrogens (tertiary/aromatic N) is 1. The minimum atomic E-state index is -0.211. The van der Waals surface area contributed by atoms with E-state index in [9.17, 15) is 4.79 Å². The molecule has 2 aliphatic rings. The van der Waals surface area contributed by atoms with Crippen molar-refractivity contribution in [3.8, 4) is 0 Å². The number of halogens is 1. The van der Waals surface area contributed by atoms with Crippen LogP contribution >= 0.6 is 22.9 Å². The van der Waals surface area contributed by atoms with Gasteiger partial charge in [0.1, 0.15) is 5.00 Å². The highest BCUT2D eigenvalue weighted by Gasteiger charge is 2.33. The topological polar surface area (TPSA) is 54.7 Å². The van der Waals surface area contributed by atoms with E-state index in [0.29, 0.717) is 19.0 Å². The third-order valence-electron chi connectivity index (χ3n) is 6.03. The second kappa shape index (κ2) is 9.17. The summed E-state index contributed by atoms with van der Waals surface area (Å²) in [5.41, 5.74) is 3.75. The largest absolute Gasteiger partial charge is 0.459 e. The lowest BCUT2D eigenvalue weighted by molar-refractivity contribution is 0.0239. The van der Waals surface area contributed by atoms with Crippen molar-refractivity contribution in [2.75, 3.05) is 31.6 Å². The average molecular weight is 457 g/mol. The third-order valence-corrected chi connectivity index (χ3v) is 7.49. The zero-order chi connectivity index (χ0) is 21.2. The van der Waals surface area contributed by atoms with Gasteiger partial charge in [-0.25, -0.2) is 0 Å². The number of nitrogens with one attached hydrogen (secondary N) is 1. The van der Waals surface area contributed by atoms with Crippen LogP contribution in [0.1, 0.15) is 51.0 Å². The van der Waals surface area contributed by atoms with Gasteiger partial charge in [0.25, 0.3) is 5.91 Å². The van der Waals surface area contributed by atoms with E-state index in [-0.39, 0.29) is 11.9 Å². The molecule has 3 heterocycles. The Labute approximate surface area is 191 Å². The summed E-state index contributed by atoms with van der Waals surface area (Å²) in [6.45, 7) is 3.09. The van der Waals surface area contributed by atoms with Crippen LogP contribution < -0.4 is 5.32 Å². The van der Waals surface area contributed by atoms with E-state index in [0.717, 1.165) is 41.5 Å². The van der Waals surface area contributed by atoms with Crippen molar-refractivity contribution < 1.29 is 13.9 Å². The lowest BCUT2D eigenvalue weighted by Gasteiger charge is -2.36. The number of benzene rings is 1. The van der Waals surface area contributed by atoms with Gasteiger partial charge in [0.05, 0.1) is 25.5 Å². The molecule has 1 atom stereocenters. The molecule has 5 nitrogen and oxygen atoms in total. The number of ether oxygens (including phenoxy) is 1. The molecule has 0 radical (unpaired) electrons. The van der Waals surface area contributed by atoms with Crippen LogP contribution in [0.4, 0.5) is 5.00 Å². The molecule has 0 spiro atoms. The summed E-state index contributed by atoms with van der Waals surface area (Å²) in [5, 5.41) is 4.81.